The zero-order chi connectivity index (χ0) is 13.2. The van der Waals surface area contributed by atoms with Gasteiger partial charge in [-0.15, -0.1) is 0 Å². The van der Waals surface area contributed by atoms with E-state index in [1.54, 1.807) is 13.2 Å². The van der Waals surface area contributed by atoms with Crippen molar-refractivity contribution in [3.8, 4) is 5.75 Å². The predicted octanol–water partition coefficient (Wildman–Crippen LogP) is 3.64. The Balaban J connectivity index is 3.06. The first-order chi connectivity index (χ1) is 7.75. The Labute approximate surface area is 107 Å². The van der Waals surface area contributed by atoms with E-state index in [1.165, 1.54) is 0 Å². The molecule has 1 aromatic rings. The van der Waals surface area contributed by atoms with Crippen molar-refractivity contribution in [3.63, 3.8) is 0 Å². The van der Waals surface area contributed by atoms with Crippen LogP contribution in [0.15, 0.2) is 12.1 Å². The maximum absolute atomic E-state index is 11.9. The number of aryl methyl sites for hydroxylation is 1. The van der Waals surface area contributed by atoms with Gasteiger partial charge in [0.25, 0.3) is 0 Å². The molecule has 1 N–H and O–H groups in total. The normalized spacial score (nSPS) is 11.2. The number of carbonyl (C=O) groups excluding carboxylic acids is 1. The number of hydrogen-bond donors (Lipinski definition) is 1. The van der Waals surface area contributed by atoms with Crippen molar-refractivity contribution < 1.29 is 9.53 Å². The molecule has 17 heavy (non-hydrogen) atoms. The van der Waals surface area contributed by atoms with E-state index in [2.05, 4.69) is 5.32 Å². The smallest absolute Gasteiger partial charge is 0.229 e. The van der Waals surface area contributed by atoms with E-state index in [0.717, 1.165) is 5.56 Å². The summed E-state index contributed by atoms with van der Waals surface area (Å²) in [6.45, 7) is 7.46. The van der Waals surface area contributed by atoms with Crippen LogP contribution in [0.2, 0.25) is 5.02 Å². The topological polar surface area (TPSA) is 38.3 Å². The van der Waals surface area contributed by atoms with Gasteiger partial charge in [-0.05, 0) is 18.6 Å². The molecule has 0 saturated carbocycles. The second-order valence-corrected chi connectivity index (χ2v) is 5.41. The third kappa shape index (κ3) is 3.37. The molecule has 0 radical (unpaired) electrons. The summed E-state index contributed by atoms with van der Waals surface area (Å²) in [4.78, 5) is 11.9. The van der Waals surface area contributed by atoms with Gasteiger partial charge in [-0.3, -0.25) is 4.79 Å². The number of anilines is 1. The number of benzene rings is 1. The molecular formula is C13H18ClNO2. The third-order valence-corrected chi connectivity index (χ3v) is 2.82. The van der Waals surface area contributed by atoms with Crippen LogP contribution in [-0.2, 0) is 4.79 Å². The Bertz CT molecular complexity index is 436. The first-order valence-electron chi connectivity index (χ1n) is 5.41. The molecule has 4 heteroatoms. The van der Waals surface area contributed by atoms with Gasteiger partial charge in [0.2, 0.25) is 5.91 Å². The quantitative estimate of drug-likeness (QED) is 0.876. The van der Waals surface area contributed by atoms with Crippen molar-refractivity contribution >= 4 is 23.2 Å². The average molecular weight is 256 g/mol. The Kier molecular flexibility index (Phi) is 4.04. The van der Waals surface area contributed by atoms with Gasteiger partial charge < -0.3 is 10.1 Å². The molecule has 94 valence electrons. The summed E-state index contributed by atoms with van der Waals surface area (Å²) in [5.41, 5.74) is 1.10. The SMILES string of the molecule is COc1cc(Cl)c(C)cc1NC(=O)C(C)(C)C. The molecule has 0 saturated heterocycles. The fraction of sp³-hybridized carbons (Fsp3) is 0.462. The molecule has 0 fully saturated rings. The number of ether oxygens (including phenoxy) is 1. The average Bonchev–Trinajstić information content (AvgIpc) is 2.21. The zero-order valence-electron chi connectivity index (χ0n) is 10.8. The zero-order valence-corrected chi connectivity index (χ0v) is 11.6. The Morgan fingerprint density at radius 2 is 1.94 bits per heavy atom. The number of hydrogen-bond acceptors (Lipinski definition) is 2. The summed E-state index contributed by atoms with van der Waals surface area (Å²) in [5.74, 6) is 0.510. The summed E-state index contributed by atoms with van der Waals surface area (Å²) in [5, 5.41) is 3.47. The fourth-order valence-corrected chi connectivity index (χ4v) is 1.39. The number of amides is 1. The third-order valence-electron chi connectivity index (χ3n) is 2.41. The first kappa shape index (κ1) is 13.8. The first-order valence-corrected chi connectivity index (χ1v) is 5.79. The second-order valence-electron chi connectivity index (χ2n) is 5.01. The van der Waals surface area contributed by atoms with Gasteiger partial charge in [0, 0.05) is 16.5 Å². The van der Waals surface area contributed by atoms with E-state index in [4.69, 9.17) is 16.3 Å². The minimum Gasteiger partial charge on any atom is -0.495 e. The molecule has 0 atom stereocenters. The van der Waals surface area contributed by atoms with Gasteiger partial charge in [-0.1, -0.05) is 32.4 Å². The molecular weight excluding hydrogens is 238 g/mol. The van der Waals surface area contributed by atoms with Crippen molar-refractivity contribution in [2.24, 2.45) is 5.41 Å². The van der Waals surface area contributed by atoms with Crippen LogP contribution in [0.3, 0.4) is 0 Å². The number of nitrogens with one attached hydrogen (secondary N) is 1. The molecule has 0 spiro atoms. The number of carbonyl (C=O) groups is 1. The minimum atomic E-state index is -0.446. The molecule has 1 rings (SSSR count). The van der Waals surface area contributed by atoms with Crippen LogP contribution in [-0.4, -0.2) is 13.0 Å². The summed E-state index contributed by atoms with van der Waals surface area (Å²) in [7, 11) is 1.55. The molecule has 3 nitrogen and oxygen atoms in total. The van der Waals surface area contributed by atoms with Gasteiger partial charge >= 0.3 is 0 Å². The summed E-state index contributed by atoms with van der Waals surface area (Å²) in [6.07, 6.45) is 0. The number of rotatable bonds is 2. The van der Waals surface area contributed by atoms with Crippen molar-refractivity contribution in [2.75, 3.05) is 12.4 Å². The Hall–Kier alpha value is -1.22. The van der Waals surface area contributed by atoms with Gasteiger partial charge in [-0.2, -0.15) is 0 Å². The number of methoxy groups -OCH3 is 1. The Morgan fingerprint density at radius 1 is 1.35 bits per heavy atom. The van der Waals surface area contributed by atoms with E-state index < -0.39 is 5.41 Å². The highest BCUT2D eigenvalue weighted by Crippen LogP contribution is 2.32. The molecule has 1 amide bonds. The van der Waals surface area contributed by atoms with Crippen LogP contribution >= 0.6 is 11.6 Å². The summed E-state index contributed by atoms with van der Waals surface area (Å²) in [6, 6.07) is 3.51. The van der Waals surface area contributed by atoms with Crippen LogP contribution in [0, 0.1) is 12.3 Å². The second kappa shape index (κ2) is 4.96. The van der Waals surface area contributed by atoms with Crippen LogP contribution in [0.1, 0.15) is 26.3 Å². The molecule has 0 aromatic heterocycles. The molecule has 0 bridgehead atoms. The van der Waals surface area contributed by atoms with Crippen molar-refractivity contribution in [2.45, 2.75) is 27.7 Å². The van der Waals surface area contributed by atoms with Crippen molar-refractivity contribution in [1.29, 1.82) is 0 Å². The van der Waals surface area contributed by atoms with Crippen molar-refractivity contribution in [1.82, 2.24) is 0 Å². The van der Waals surface area contributed by atoms with E-state index in [9.17, 15) is 4.79 Å². The predicted molar refractivity (Wildman–Crippen MR) is 70.8 cm³/mol. The largest absolute Gasteiger partial charge is 0.495 e. The minimum absolute atomic E-state index is 0.0578. The van der Waals surface area contributed by atoms with Gasteiger partial charge in [0.05, 0.1) is 12.8 Å². The van der Waals surface area contributed by atoms with Crippen LogP contribution in [0.4, 0.5) is 5.69 Å². The lowest BCUT2D eigenvalue weighted by molar-refractivity contribution is -0.123. The van der Waals surface area contributed by atoms with Crippen LogP contribution < -0.4 is 10.1 Å². The van der Waals surface area contributed by atoms with Gasteiger partial charge in [0.1, 0.15) is 5.75 Å². The maximum Gasteiger partial charge on any atom is 0.229 e. The fourth-order valence-electron chi connectivity index (χ4n) is 1.24. The Morgan fingerprint density at radius 3 is 2.41 bits per heavy atom. The lowest BCUT2D eigenvalue weighted by Crippen LogP contribution is -2.27. The summed E-state index contributed by atoms with van der Waals surface area (Å²) >= 11 is 6.00. The van der Waals surface area contributed by atoms with Gasteiger partial charge in [0.15, 0.2) is 0 Å². The maximum atomic E-state index is 11.9. The lowest BCUT2D eigenvalue weighted by atomic mass is 9.95. The standard InChI is InChI=1S/C13H18ClNO2/c1-8-6-10(11(17-5)7-9(8)14)15-12(16)13(2,3)4/h6-7H,1-5H3,(H,15,16). The van der Waals surface area contributed by atoms with E-state index in [0.29, 0.717) is 16.5 Å². The van der Waals surface area contributed by atoms with Crippen LogP contribution in [0.25, 0.3) is 0 Å². The molecule has 0 heterocycles. The molecule has 0 unspecified atom stereocenters. The van der Waals surface area contributed by atoms with Crippen LogP contribution in [0.5, 0.6) is 5.75 Å². The van der Waals surface area contributed by atoms with Gasteiger partial charge in [-0.25, -0.2) is 0 Å². The van der Waals surface area contributed by atoms with Crippen molar-refractivity contribution in [3.05, 3.63) is 22.7 Å². The monoisotopic (exact) mass is 255 g/mol. The molecule has 0 aliphatic heterocycles. The molecule has 0 aliphatic carbocycles. The highest BCUT2D eigenvalue weighted by molar-refractivity contribution is 6.31. The van der Waals surface area contributed by atoms with E-state index >= 15 is 0 Å². The van der Waals surface area contributed by atoms with E-state index in [1.807, 2.05) is 33.8 Å². The molecule has 0 aliphatic rings. The molecule has 1 aromatic carbocycles. The summed E-state index contributed by atoms with van der Waals surface area (Å²) < 4.78 is 5.20. The highest BCUT2D eigenvalue weighted by Gasteiger charge is 2.22. The lowest BCUT2D eigenvalue weighted by Gasteiger charge is -2.19. The highest BCUT2D eigenvalue weighted by atomic mass is 35.5. The van der Waals surface area contributed by atoms with E-state index in [-0.39, 0.29) is 5.91 Å². The number of halogens is 1.